The van der Waals surface area contributed by atoms with Crippen molar-refractivity contribution in [3.63, 3.8) is 0 Å². The summed E-state index contributed by atoms with van der Waals surface area (Å²) in [6.45, 7) is 4.23. The number of rotatable bonds is 6. The molecule has 3 heteroatoms. The first-order valence-electron chi connectivity index (χ1n) is 7.29. The third-order valence-electron chi connectivity index (χ3n) is 4.33. The Morgan fingerprint density at radius 2 is 2.11 bits per heavy atom. The first-order valence-corrected chi connectivity index (χ1v) is 7.29. The maximum Gasteiger partial charge on any atom is 0.146 e. The number of hydrogen-bond donors (Lipinski definition) is 1. The van der Waals surface area contributed by atoms with Gasteiger partial charge in [-0.2, -0.15) is 0 Å². The second-order valence-electron chi connectivity index (χ2n) is 5.85. The second-order valence-corrected chi connectivity index (χ2v) is 5.85. The van der Waals surface area contributed by atoms with Crippen molar-refractivity contribution in [1.29, 1.82) is 0 Å². The summed E-state index contributed by atoms with van der Waals surface area (Å²) in [6.07, 6.45) is 4.21. The van der Waals surface area contributed by atoms with Crippen molar-refractivity contribution < 1.29 is 4.39 Å². The quantitative estimate of drug-likeness (QED) is 0.854. The molecular formula is C16H25FN2. The van der Waals surface area contributed by atoms with Crippen LogP contribution < -0.4 is 10.6 Å². The van der Waals surface area contributed by atoms with Crippen LogP contribution in [0.3, 0.4) is 0 Å². The lowest BCUT2D eigenvalue weighted by atomic mass is 10.0. The summed E-state index contributed by atoms with van der Waals surface area (Å²) < 4.78 is 14.2. The summed E-state index contributed by atoms with van der Waals surface area (Å²) in [5.74, 6) is 0.605. The maximum atomic E-state index is 14.2. The predicted octanol–water partition coefficient (Wildman–Crippen LogP) is 3.34. The van der Waals surface area contributed by atoms with E-state index < -0.39 is 0 Å². The molecule has 2 atom stereocenters. The van der Waals surface area contributed by atoms with Crippen molar-refractivity contribution in [2.75, 3.05) is 11.9 Å². The molecule has 0 bridgehead atoms. The molecule has 1 aromatic rings. The van der Waals surface area contributed by atoms with Crippen molar-refractivity contribution in [2.45, 2.75) is 51.6 Å². The molecule has 2 N–H and O–H groups in total. The molecule has 19 heavy (non-hydrogen) atoms. The van der Waals surface area contributed by atoms with Crippen LogP contribution in [0.4, 0.5) is 10.1 Å². The molecule has 0 spiro atoms. The Hall–Kier alpha value is -1.09. The monoisotopic (exact) mass is 264 g/mol. The molecule has 0 radical (unpaired) electrons. The SMILES string of the molecule is CCC(N)Cc1ccc(N(C)C(C)C2CC2)c(F)c1. The molecule has 0 saturated heterocycles. The fourth-order valence-corrected chi connectivity index (χ4v) is 2.52. The maximum absolute atomic E-state index is 14.2. The van der Waals surface area contributed by atoms with E-state index in [9.17, 15) is 4.39 Å². The summed E-state index contributed by atoms with van der Waals surface area (Å²) in [7, 11) is 1.98. The molecule has 2 rings (SSSR count). The molecule has 0 aromatic heterocycles. The van der Waals surface area contributed by atoms with Gasteiger partial charge in [0.2, 0.25) is 0 Å². The van der Waals surface area contributed by atoms with Crippen molar-refractivity contribution in [3.8, 4) is 0 Å². The van der Waals surface area contributed by atoms with Crippen LogP contribution in [0.25, 0.3) is 0 Å². The number of hydrogen-bond acceptors (Lipinski definition) is 2. The van der Waals surface area contributed by atoms with E-state index in [1.807, 2.05) is 19.2 Å². The summed E-state index contributed by atoms with van der Waals surface area (Å²) >= 11 is 0. The first-order chi connectivity index (χ1) is 9.02. The van der Waals surface area contributed by atoms with Crippen LogP contribution in [-0.2, 0) is 6.42 Å². The van der Waals surface area contributed by atoms with Crippen molar-refractivity contribution in [2.24, 2.45) is 11.7 Å². The van der Waals surface area contributed by atoms with Crippen LogP contribution in [0.5, 0.6) is 0 Å². The average Bonchev–Trinajstić information content (AvgIpc) is 3.21. The molecule has 1 fully saturated rings. The molecular weight excluding hydrogens is 239 g/mol. The molecule has 1 aromatic carbocycles. The lowest BCUT2D eigenvalue weighted by Gasteiger charge is -2.27. The van der Waals surface area contributed by atoms with E-state index in [4.69, 9.17) is 5.73 Å². The highest BCUT2D eigenvalue weighted by Gasteiger charge is 2.31. The van der Waals surface area contributed by atoms with Gasteiger partial charge >= 0.3 is 0 Å². The zero-order chi connectivity index (χ0) is 14.0. The van der Waals surface area contributed by atoms with Gasteiger partial charge in [-0.15, -0.1) is 0 Å². The molecule has 2 nitrogen and oxygen atoms in total. The molecule has 0 aliphatic heterocycles. The first kappa shape index (κ1) is 14.3. The number of nitrogens with two attached hydrogens (primary N) is 1. The minimum Gasteiger partial charge on any atom is -0.369 e. The summed E-state index contributed by atoms with van der Waals surface area (Å²) in [4.78, 5) is 2.07. The summed E-state index contributed by atoms with van der Waals surface area (Å²) in [5.41, 5.74) is 7.61. The third kappa shape index (κ3) is 3.47. The molecule has 2 unspecified atom stereocenters. The van der Waals surface area contributed by atoms with Gasteiger partial charge in [0.05, 0.1) is 5.69 Å². The normalized spacial score (nSPS) is 18.2. The van der Waals surface area contributed by atoms with E-state index >= 15 is 0 Å². The minimum atomic E-state index is -0.129. The van der Waals surface area contributed by atoms with Gasteiger partial charge < -0.3 is 10.6 Å². The second kappa shape index (κ2) is 5.91. The Bertz CT molecular complexity index is 429. The van der Waals surface area contributed by atoms with Gasteiger partial charge in [-0.3, -0.25) is 0 Å². The number of benzene rings is 1. The zero-order valence-corrected chi connectivity index (χ0v) is 12.2. The van der Waals surface area contributed by atoms with Crippen LogP contribution in [0.1, 0.15) is 38.7 Å². The van der Waals surface area contributed by atoms with Gasteiger partial charge in [0.1, 0.15) is 5.82 Å². The standard InChI is InChI=1S/C16H25FN2/c1-4-14(18)9-12-5-8-16(15(17)10-12)19(3)11(2)13-6-7-13/h5,8,10-11,13-14H,4,6-7,9,18H2,1-3H3. The van der Waals surface area contributed by atoms with Gasteiger partial charge in [-0.05, 0) is 56.2 Å². The van der Waals surface area contributed by atoms with Crippen LogP contribution in [0, 0.1) is 11.7 Å². The van der Waals surface area contributed by atoms with Gasteiger partial charge in [-0.25, -0.2) is 4.39 Å². The lowest BCUT2D eigenvalue weighted by Crippen LogP contribution is -2.31. The average molecular weight is 264 g/mol. The summed E-state index contributed by atoms with van der Waals surface area (Å²) in [6, 6.07) is 6.07. The van der Waals surface area contributed by atoms with E-state index in [-0.39, 0.29) is 11.9 Å². The highest BCUT2D eigenvalue weighted by atomic mass is 19.1. The fourth-order valence-electron chi connectivity index (χ4n) is 2.52. The van der Waals surface area contributed by atoms with E-state index in [1.165, 1.54) is 12.8 Å². The Morgan fingerprint density at radius 1 is 1.42 bits per heavy atom. The van der Waals surface area contributed by atoms with Crippen LogP contribution in [-0.4, -0.2) is 19.1 Å². The fraction of sp³-hybridized carbons (Fsp3) is 0.625. The topological polar surface area (TPSA) is 29.3 Å². The van der Waals surface area contributed by atoms with E-state index in [0.29, 0.717) is 11.7 Å². The van der Waals surface area contributed by atoms with E-state index in [1.54, 1.807) is 6.07 Å². The highest BCUT2D eigenvalue weighted by molar-refractivity contribution is 5.49. The van der Waals surface area contributed by atoms with Gasteiger partial charge in [0.15, 0.2) is 0 Å². The molecule has 0 amide bonds. The number of anilines is 1. The molecule has 1 aliphatic carbocycles. The van der Waals surface area contributed by atoms with Gasteiger partial charge in [0.25, 0.3) is 0 Å². The van der Waals surface area contributed by atoms with Crippen molar-refractivity contribution in [1.82, 2.24) is 0 Å². The van der Waals surface area contributed by atoms with E-state index in [0.717, 1.165) is 24.3 Å². The van der Waals surface area contributed by atoms with Crippen molar-refractivity contribution in [3.05, 3.63) is 29.6 Å². The van der Waals surface area contributed by atoms with Gasteiger partial charge in [-0.1, -0.05) is 13.0 Å². The third-order valence-corrected chi connectivity index (χ3v) is 4.33. The summed E-state index contributed by atoms with van der Waals surface area (Å²) in [5, 5.41) is 0. The van der Waals surface area contributed by atoms with Crippen LogP contribution in [0.15, 0.2) is 18.2 Å². The Kier molecular flexibility index (Phi) is 4.46. The zero-order valence-electron chi connectivity index (χ0n) is 12.2. The predicted molar refractivity (Wildman–Crippen MR) is 79.0 cm³/mol. The van der Waals surface area contributed by atoms with Gasteiger partial charge in [0, 0.05) is 19.1 Å². The number of nitrogens with zero attached hydrogens (tertiary/aromatic N) is 1. The molecule has 1 aliphatic rings. The van der Waals surface area contributed by atoms with Crippen LogP contribution in [0.2, 0.25) is 0 Å². The Balaban J connectivity index is 2.09. The van der Waals surface area contributed by atoms with Crippen molar-refractivity contribution >= 4 is 5.69 Å². The Morgan fingerprint density at radius 3 is 2.63 bits per heavy atom. The number of halogens is 1. The largest absolute Gasteiger partial charge is 0.369 e. The van der Waals surface area contributed by atoms with Crippen LogP contribution >= 0.6 is 0 Å². The molecule has 0 heterocycles. The molecule has 106 valence electrons. The Labute approximate surface area is 115 Å². The highest BCUT2D eigenvalue weighted by Crippen LogP contribution is 2.36. The molecule has 1 saturated carbocycles. The smallest absolute Gasteiger partial charge is 0.146 e. The lowest BCUT2D eigenvalue weighted by molar-refractivity contribution is 0.573. The van der Waals surface area contributed by atoms with E-state index in [2.05, 4.69) is 18.7 Å². The minimum absolute atomic E-state index is 0.119.